The zero-order valence-electron chi connectivity index (χ0n) is 17.0. The highest BCUT2D eigenvalue weighted by molar-refractivity contribution is 7.89. The minimum atomic E-state index is -3.49. The van der Waals surface area contributed by atoms with Crippen LogP contribution in [0.5, 0.6) is 0 Å². The number of sulfonamides is 1. The number of carbonyl (C=O) groups is 1. The van der Waals surface area contributed by atoms with Gasteiger partial charge < -0.3 is 0 Å². The lowest BCUT2D eigenvalue weighted by Crippen LogP contribution is -2.30. The number of anilines is 1. The van der Waals surface area contributed by atoms with Crippen LogP contribution in [0.2, 0.25) is 0 Å². The molecule has 4 rings (SSSR count). The Labute approximate surface area is 182 Å². The second-order valence-electron chi connectivity index (χ2n) is 7.67. The first kappa shape index (κ1) is 21.1. The lowest BCUT2D eigenvalue weighted by Gasteiger charge is -2.18. The predicted molar refractivity (Wildman–Crippen MR) is 121 cm³/mol. The van der Waals surface area contributed by atoms with Crippen LogP contribution in [-0.2, 0) is 14.8 Å². The highest BCUT2D eigenvalue weighted by atomic mass is 32.2. The highest BCUT2D eigenvalue weighted by Gasteiger charge is 2.27. The summed E-state index contributed by atoms with van der Waals surface area (Å²) in [7, 11) is -3.49. The van der Waals surface area contributed by atoms with Crippen LogP contribution in [0.1, 0.15) is 36.3 Å². The third kappa shape index (κ3) is 5.71. The number of hydrogen-bond acceptors (Lipinski definition) is 4. The summed E-state index contributed by atoms with van der Waals surface area (Å²) in [4.78, 5) is 12.9. The van der Waals surface area contributed by atoms with Crippen LogP contribution in [0.3, 0.4) is 0 Å². The number of benzene rings is 3. The Bertz CT molecular complexity index is 1070. The summed E-state index contributed by atoms with van der Waals surface area (Å²) in [5.41, 5.74) is 8.33. The number of carbonyl (C=O) groups excluding carboxylic acids is 1. The van der Waals surface area contributed by atoms with Crippen LogP contribution in [0, 0.1) is 0 Å². The van der Waals surface area contributed by atoms with Gasteiger partial charge in [0, 0.05) is 18.4 Å². The summed E-state index contributed by atoms with van der Waals surface area (Å²) in [5.74, 6) is -0.227. The van der Waals surface area contributed by atoms with Crippen molar-refractivity contribution in [1.82, 2.24) is 10.1 Å². The Morgan fingerprint density at radius 2 is 1.39 bits per heavy atom. The van der Waals surface area contributed by atoms with Crippen molar-refractivity contribution >= 4 is 21.6 Å². The van der Waals surface area contributed by atoms with Crippen molar-refractivity contribution in [2.45, 2.75) is 36.1 Å². The van der Waals surface area contributed by atoms with E-state index in [1.54, 1.807) is 12.1 Å². The summed E-state index contributed by atoms with van der Waals surface area (Å²) in [6, 6.07) is 26.2. The summed E-state index contributed by atoms with van der Waals surface area (Å²) in [5, 5.41) is 0. The minimum absolute atomic E-state index is 0.0595. The van der Waals surface area contributed by atoms with Gasteiger partial charge in [0.05, 0.1) is 10.6 Å². The van der Waals surface area contributed by atoms with Gasteiger partial charge in [-0.3, -0.25) is 15.6 Å². The molecule has 6 nitrogen and oxygen atoms in total. The van der Waals surface area contributed by atoms with E-state index in [4.69, 9.17) is 0 Å². The van der Waals surface area contributed by atoms with E-state index >= 15 is 0 Å². The summed E-state index contributed by atoms with van der Waals surface area (Å²) in [6.07, 6.45) is 2.05. The molecule has 0 bridgehead atoms. The smallest absolute Gasteiger partial charge is 0.240 e. The van der Waals surface area contributed by atoms with E-state index in [0.717, 1.165) is 24.0 Å². The van der Waals surface area contributed by atoms with E-state index < -0.39 is 10.0 Å². The van der Waals surface area contributed by atoms with Gasteiger partial charge in [0.15, 0.2) is 0 Å². The van der Waals surface area contributed by atoms with Crippen molar-refractivity contribution in [2.24, 2.45) is 0 Å². The van der Waals surface area contributed by atoms with Gasteiger partial charge in [-0.1, -0.05) is 60.7 Å². The fraction of sp³-hybridized carbons (Fsp3) is 0.208. The van der Waals surface area contributed by atoms with Crippen molar-refractivity contribution in [1.29, 1.82) is 0 Å². The largest absolute Gasteiger partial charge is 0.299 e. The zero-order chi connectivity index (χ0) is 21.7. The first-order valence-corrected chi connectivity index (χ1v) is 11.8. The fourth-order valence-corrected chi connectivity index (χ4v) is 4.69. The maximum atomic E-state index is 12.6. The second-order valence-corrected chi connectivity index (χ2v) is 9.39. The fourth-order valence-electron chi connectivity index (χ4n) is 3.38. The molecule has 0 radical (unpaired) electrons. The Kier molecular flexibility index (Phi) is 6.34. The lowest BCUT2D eigenvalue weighted by atomic mass is 9.88. The molecule has 1 aliphatic rings. The van der Waals surface area contributed by atoms with Gasteiger partial charge in [0.1, 0.15) is 0 Å². The average molecular weight is 436 g/mol. The lowest BCUT2D eigenvalue weighted by molar-refractivity contribution is -0.120. The molecule has 7 heteroatoms. The minimum Gasteiger partial charge on any atom is -0.299 e. The maximum Gasteiger partial charge on any atom is 0.240 e. The monoisotopic (exact) mass is 435 g/mol. The van der Waals surface area contributed by atoms with E-state index in [1.807, 2.05) is 60.7 Å². The van der Waals surface area contributed by atoms with Crippen molar-refractivity contribution in [3.63, 3.8) is 0 Å². The van der Waals surface area contributed by atoms with Crippen molar-refractivity contribution in [3.05, 3.63) is 96.1 Å². The van der Waals surface area contributed by atoms with Crippen LogP contribution in [-0.4, -0.2) is 20.4 Å². The van der Waals surface area contributed by atoms with Crippen LogP contribution < -0.4 is 15.6 Å². The normalized spacial score (nSPS) is 13.7. The van der Waals surface area contributed by atoms with Gasteiger partial charge in [0.25, 0.3) is 0 Å². The van der Waals surface area contributed by atoms with E-state index in [1.165, 1.54) is 12.1 Å². The topological polar surface area (TPSA) is 87.3 Å². The van der Waals surface area contributed by atoms with Crippen LogP contribution in [0.4, 0.5) is 5.69 Å². The molecular formula is C24H25N3O3S. The summed E-state index contributed by atoms with van der Waals surface area (Å²) >= 11 is 0. The molecule has 1 saturated carbocycles. The number of hydrazine groups is 1. The quantitative estimate of drug-likeness (QED) is 0.446. The van der Waals surface area contributed by atoms with Crippen molar-refractivity contribution in [3.8, 4) is 0 Å². The maximum absolute atomic E-state index is 12.6. The molecule has 3 aromatic rings. The molecule has 1 amide bonds. The Morgan fingerprint density at radius 3 is 1.90 bits per heavy atom. The third-order valence-corrected chi connectivity index (χ3v) is 6.74. The molecule has 0 unspecified atom stereocenters. The van der Waals surface area contributed by atoms with Crippen LogP contribution in [0.25, 0.3) is 0 Å². The van der Waals surface area contributed by atoms with E-state index in [2.05, 4.69) is 15.6 Å². The van der Waals surface area contributed by atoms with Gasteiger partial charge in [-0.05, 0) is 48.2 Å². The molecule has 3 aromatic carbocycles. The summed E-state index contributed by atoms with van der Waals surface area (Å²) in [6.45, 7) is 0. The Morgan fingerprint density at radius 1 is 0.839 bits per heavy atom. The van der Waals surface area contributed by atoms with E-state index in [0.29, 0.717) is 5.69 Å². The molecule has 0 spiro atoms. The van der Waals surface area contributed by atoms with Gasteiger partial charge in [-0.2, -0.15) is 0 Å². The molecule has 0 aliphatic heterocycles. The first-order chi connectivity index (χ1) is 15.0. The Hall–Kier alpha value is -3.16. The van der Waals surface area contributed by atoms with Gasteiger partial charge in [-0.25, -0.2) is 13.1 Å². The number of hydrogen-bond donors (Lipinski definition) is 3. The predicted octanol–water partition coefficient (Wildman–Crippen LogP) is 3.79. The van der Waals surface area contributed by atoms with Crippen LogP contribution >= 0.6 is 0 Å². The SMILES string of the molecule is O=C(CC(c1ccccc1)c1ccccc1)NNc1ccc(S(=O)(=O)NC2CC2)cc1. The molecule has 0 atom stereocenters. The summed E-state index contributed by atoms with van der Waals surface area (Å²) < 4.78 is 27.1. The van der Waals surface area contributed by atoms with Crippen LogP contribution in [0.15, 0.2) is 89.8 Å². The molecular weight excluding hydrogens is 410 g/mol. The molecule has 0 saturated heterocycles. The first-order valence-electron chi connectivity index (χ1n) is 10.3. The van der Waals surface area contributed by atoms with Crippen molar-refractivity contribution in [2.75, 3.05) is 5.43 Å². The standard InChI is InChI=1S/C24H25N3O3S/c28-24(17-23(18-7-3-1-4-8-18)19-9-5-2-6-10-19)26-25-20-13-15-22(16-14-20)31(29,30)27-21-11-12-21/h1-10,13-16,21,23,25,27H,11-12,17H2,(H,26,28). The number of amides is 1. The molecule has 0 aromatic heterocycles. The number of rotatable bonds is 9. The molecule has 160 valence electrons. The molecule has 3 N–H and O–H groups in total. The third-order valence-electron chi connectivity index (χ3n) is 5.20. The van der Waals surface area contributed by atoms with Gasteiger partial charge >= 0.3 is 0 Å². The average Bonchev–Trinajstić information content (AvgIpc) is 3.61. The molecule has 1 aliphatic carbocycles. The van der Waals surface area contributed by atoms with Crippen molar-refractivity contribution < 1.29 is 13.2 Å². The van der Waals surface area contributed by atoms with Gasteiger partial charge in [-0.15, -0.1) is 0 Å². The van der Waals surface area contributed by atoms with E-state index in [-0.39, 0.29) is 29.2 Å². The zero-order valence-corrected chi connectivity index (χ0v) is 17.8. The van der Waals surface area contributed by atoms with Gasteiger partial charge in [0.2, 0.25) is 15.9 Å². The second kappa shape index (κ2) is 9.32. The Balaban J connectivity index is 1.38. The van der Waals surface area contributed by atoms with E-state index in [9.17, 15) is 13.2 Å². The number of nitrogens with one attached hydrogen (secondary N) is 3. The molecule has 0 heterocycles. The molecule has 31 heavy (non-hydrogen) atoms. The molecule has 1 fully saturated rings. The highest BCUT2D eigenvalue weighted by Crippen LogP contribution is 2.28.